The van der Waals surface area contributed by atoms with E-state index < -0.39 is 0 Å². The summed E-state index contributed by atoms with van der Waals surface area (Å²) in [6.45, 7) is 31.6. The maximum atomic E-state index is 4.02. The Morgan fingerprint density at radius 2 is 1.39 bits per heavy atom. The molecule has 1 unspecified atom stereocenters. The van der Waals surface area contributed by atoms with E-state index in [-0.39, 0.29) is 0 Å². The summed E-state index contributed by atoms with van der Waals surface area (Å²) in [5.41, 5.74) is 6.80. The van der Waals surface area contributed by atoms with Gasteiger partial charge in [-0.3, -0.25) is 0 Å². The van der Waals surface area contributed by atoms with Crippen LogP contribution in [-0.4, -0.2) is 0 Å². The van der Waals surface area contributed by atoms with Crippen LogP contribution in [0.4, 0.5) is 0 Å². The molecule has 0 heteroatoms. The average Bonchev–Trinajstić information content (AvgIpc) is 2.72. The summed E-state index contributed by atoms with van der Waals surface area (Å²) in [4.78, 5) is 0. The van der Waals surface area contributed by atoms with Crippen LogP contribution in [0.3, 0.4) is 0 Å². The molecule has 0 fully saturated rings. The Morgan fingerprint density at radius 3 is 1.68 bits per heavy atom. The first kappa shape index (κ1) is 34.1. The molecule has 1 atom stereocenters. The first-order chi connectivity index (χ1) is 14.5. The van der Waals surface area contributed by atoms with E-state index in [1.807, 2.05) is 52.0 Å². The maximum absolute atomic E-state index is 4.02. The maximum Gasteiger partial charge on any atom is -0.0169 e. The van der Waals surface area contributed by atoms with Crippen LogP contribution in [0, 0.1) is 5.41 Å². The van der Waals surface area contributed by atoms with Crippen molar-refractivity contribution in [2.24, 2.45) is 5.41 Å². The molecule has 0 amide bonds. The Morgan fingerprint density at radius 1 is 0.839 bits per heavy atom. The van der Waals surface area contributed by atoms with Crippen molar-refractivity contribution in [3.05, 3.63) is 71.4 Å². The topological polar surface area (TPSA) is 0 Å². The van der Waals surface area contributed by atoms with E-state index in [0.717, 1.165) is 5.57 Å². The molecule has 0 aliphatic heterocycles. The van der Waals surface area contributed by atoms with E-state index in [0.29, 0.717) is 5.41 Å². The zero-order valence-electron chi connectivity index (χ0n) is 23.3. The second kappa shape index (κ2) is 21.7. The van der Waals surface area contributed by atoms with Gasteiger partial charge in [0.15, 0.2) is 0 Å². The normalized spacial score (nSPS) is 13.4. The Kier molecular flexibility index (Phi) is 23.8. The number of rotatable bonds is 11. The van der Waals surface area contributed by atoms with Gasteiger partial charge in [-0.05, 0) is 83.4 Å². The van der Waals surface area contributed by atoms with Crippen LogP contribution in [-0.2, 0) is 0 Å². The van der Waals surface area contributed by atoms with Gasteiger partial charge in [-0.2, -0.15) is 0 Å². The number of hydrogen-bond donors (Lipinski definition) is 0. The van der Waals surface area contributed by atoms with Gasteiger partial charge in [-0.25, -0.2) is 0 Å². The highest BCUT2D eigenvalue weighted by Crippen LogP contribution is 2.33. The zero-order valence-corrected chi connectivity index (χ0v) is 23.3. The quantitative estimate of drug-likeness (QED) is 0.174. The molecule has 0 aliphatic rings. The largest absolute Gasteiger partial charge is 0.0991 e. The summed E-state index contributed by atoms with van der Waals surface area (Å²) in [6, 6.07) is 0. The predicted octanol–water partition coefficient (Wildman–Crippen LogP) is 11.3. The lowest BCUT2D eigenvalue weighted by Gasteiger charge is -2.27. The second-order valence-electron chi connectivity index (χ2n) is 8.98. The van der Waals surface area contributed by atoms with Gasteiger partial charge in [0.25, 0.3) is 0 Å². The fourth-order valence-electron chi connectivity index (χ4n) is 3.62. The smallest absolute Gasteiger partial charge is 0.0169 e. The Labute approximate surface area is 198 Å². The molecule has 0 aromatic carbocycles. The number of hydrogen-bond acceptors (Lipinski definition) is 0. The van der Waals surface area contributed by atoms with Gasteiger partial charge in [0.2, 0.25) is 0 Å². The molecule has 0 saturated heterocycles. The van der Waals surface area contributed by atoms with E-state index in [2.05, 4.69) is 67.7 Å². The summed E-state index contributed by atoms with van der Waals surface area (Å²) in [6.07, 6.45) is 19.7. The molecule has 0 heterocycles. The molecule has 180 valence electrons. The van der Waals surface area contributed by atoms with E-state index in [1.165, 1.54) is 67.2 Å². The van der Waals surface area contributed by atoms with Gasteiger partial charge >= 0.3 is 0 Å². The van der Waals surface area contributed by atoms with Crippen LogP contribution in [0.1, 0.15) is 121 Å². The van der Waals surface area contributed by atoms with Gasteiger partial charge in [0.05, 0.1) is 0 Å². The van der Waals surface area contributed by atoms with E-state index >= 15 is 0 Å². The fraction of sp³-hybridized carbons (Fsp3) is 0.613. The average molecular weight is 429 g/mol. The van der Waals surface area contributed by atoms with Crippen LogP contribution < -0.4 is 0 Å². The minimum absolute atomic E-state index is 0.643. The third kappa shape index (κ3) is 17.8. The standard InChI is InChI=1S/C15H22.C12H26.C4H8/c1-8-10-13(7)15(12(5)6)14(9-2)11(3)4;1-5-8-9-11-12(4,7-3)10-6-2;1-3-4-2/h8-10H,1,3H2,2,4-7H3;5-11H2,1-4H3;3-4H,1-2H3/b13-10-,14-9-;;4-3-. The molecule has 0 bridgehead atoms. The van der Waals surface area contributed by atoms with E-state index in [1.54, 1.807) is 0 Å². The first-order valence-corrected chi connectivity index (χ1v) is 12.4. The number of allylic oxidation sites excluding steroid dienone is 10. The highest BCUT2D eigenvalue weighted by atomic mass is 14.2. The highest BCUT2D eigenvalue weighted by Gasteiger charge is 2.19. The molecule has 0 aromatic rings. The number of unbranched alkanes of at least 4 members (excludes halogenated alkanes) is 2. The minimum atomic E-state index is 0.643. The Hall–Kier alpha value is -1.56. The molecular formula is C31H56. The molecular weight excluding hydrogens is 372 g/mol. The van der Waals surface area contributed by atoms with Crippen molar-refractivity contribution in [2.45, 2.75) is 121 Å². The van der Waals surface area contributed by atoms with Crippen LogP contribution in [0.25, 0.3) is 0 Å². The summed E-state index contributed by atoms with van der Waals surface area (Å²) in [5, 5.41) is 0. The van der Waals surface area contributed by atoms with Gasteiger partial charge in [0.1, 0.15) is 0 Å². The van der Waals surface area contributed by atoms with Crippen molar-refractivity contribution in [3.8, 4) is 0 Å². The predicted molar refractivity (Wildman–Crippen MR) is 149 cm³/mol. The SMILES string of the molecule is C/C=C\C.C=C/C=C(/C)C(=C(C)C)/C(=C\C)C(=C)C.CCCCCC(C)(CC)CCC. The zero-order chi connectivity index (χ0) is 24.9. The van der Waals surface area contributed by atoms with Crippen molar-refractivity contribution in [3.63, 3.8) is 0 Å². The van der Waals surface area contributed by atoms with Crippen molar-refractivity contribution in [1.29, 1.82) is 0 Å². The second-order valence-corrected chi connectivity index (χ2v) is 8.98. The summed E-state index contributed by atoms with van der Waals surface area (Å²) >= 11 is 0. The van der Waals surface area contributed by atoms with Gasteiger partial charge in [-0.15, -0.1) is 0 Å². The lowest BCUT2D eigenvalue weighted by molar-refractivity contribution is 0.249. The van der Waals surface area contributed by atoms with E-state index in [9.17, 15) is 0 Å². The Balaban J connectivity index is -0.000000438. The Bertz CT molecular complexity index is 584. The lowest BCUT2D eigenvalue weighted by Crippen LogP contribution is -2.14. The van der Waals surface area contributed by atoms with E-state index in [4.69, 9.17) is 0 Å². The van der Waals surface area contributed by atoms with Crippen LogP contribution in [0.5, 0.6) is 0 Å². The molecule has 0 aromatic heterocycles. The van der Waals surface area contributed by atoms with Crippen molar-refractivity contribution >= 4 is 0 Å². The molecule has 0 spiro atoms. The lowest BCUT2D eigenvalue weighted by atomic mass is 9.78. The summed E-state index contributed by atoms with van der Waals surface area (Å²) in [7, 11) is 0. The molecule has 0 saturated carbocycles. The summed E-state index contributed by atoms with van der Waals surface area (Å²) < 4.78 is 0. The fourth-order valence-corrected chi connectivity index (χ4v) is 3.62. The van der Waals surface area contributed by atoms with Crippen molar-refractivity contribution in [1.82, 2.24) is 0 Å². The molecule has 31 heavy (non-hydrogen) atoms. The van der Waals surface area contributed by atoms with Crippen LogP contribution in [0.15, 0.2) is 71.4 Å². The van der Waals surface area contributed by atoms with Gasteiger partial charge in [-0.1, -0.05) is 114 Å². The van der Waals surface area contributed by atoms with Crippen molar-refractivity contribution < 1.29 is 0 Å². The van der Waals surface area contributed by atoms with Gasteiger partial charge < -0.3 is 0 Å². The molecule has 0 radical (unpaired) electrons. The van der Waals surface area contributed by atoms with Crippen LogP contribution in [0.2, 0.25) is 0 Å². The third-order valence-electron chi connectivity index (χ3n) is 5.70. The summed E-state index contributed by atoms with van der Waals surface area (Å²) in [5.74, 6) is 0. The monoisotopic (exact) mass is 428 g/mol. The molecule has 0 rings (SSSR count). The third-order valence-corrected chi connectivity index (χ3v) is 5.70. The first-order valence-electron chi connectivity index (χ1n) is 12.4. The molecule has 0 N–H and O–H groups in total. The van der Waals surface area contributed by atoms with Crippen molar-refractivity contribution in [2.75, 3.05) is 0 Å². The van der Waals surface area contributed by atoms with Gasteiger partial charge in [0, 0.05) is 0 Å². The minimum Gasteiger partial charge on any atom is -0.0991 e. The molecule has 0 aliphatic carbocycles. The highest BCUT2D eigenvalue weighted by molar-refractivity contribution is 5.56. The molecule has 0 nitrogen and oxygen atoms in total. The van der Waals surface area contributed by atoms with Crippen LogP contribution >= 0.6 is 0 Å².